The molecule has 2 aromatic heterocycles. The van der Waals surface area contributed by atoms with Gasteiger partial charge in [0.25, 0.3) is 0 Å². The van der Waals surface area contributed by atoms with Crippen LogP contribution >= 0.6 is 35.2 Å². The molecule has 0 aliphatic heterocycles. The van der Waals surface area contributed by atoms with Crippen LogP contribution in [-0.2, 0) is 0 Å². The first kappa shape index (κ1) is 8.87. The van der Waals surface area contributed by atoms with Gasteiger partial charge in [-0.25, -0.2) is 4.98 Å². The van der Waals surface area contributed by atoms with E-state index in [0.29, 0.717) is 4.64 Å². The van der Waals surface area contributed by atoms with Crippen molar-refractivity contribution in [2.45, 2.75) is 0 Å². The van der Waals surface area contributed by atoms with E-state index in [1.165, 1.54) is 0 Å². The number of aromatic nitrogens is 2. The summed E-state index contributed by atoms with van der Waals surface area (Å²) in [6, 6.07) is 1.85. The molecule has 2 aromatic rings. The Hall–Kier alpha value is -0.710. The van der Waals surface area contributed by atoms with E-state index in [1.54, 1.807) is 23.9 Å². The fraction of sp³-hybridized carbons (Fsp3) is 0. The lowest BCUT2D eigenvalue weighted by Crippen LogP contribution is -1.82. The zero-order valence-electron chi connectivity index (χ0n) is 6.45. The number of halogens is 1. The van der Waals surface area contributed by atoms with Crippen LogP contribution in [0.1, 0.15) is 0 Å². The minimum Gasteiger partial charge on any atom is -0.337 e. The average Bonchev–Trinajstić information content (AvgIpc) is 2.52. The van der Waals surface area contributed by atoms with Gasteiger partial charge in [-0.3, -0.25) is 0 Å². The van der Waals surface area contributed by atoms with Crippen molar-refractivity contribution in [2.75, 3.05) is 0 Å². The number of thiophene rings is 1. The zero-order chi connectivity index (χ0) is 9.26. The summed E-state index contributed by atoms with van der Waals surface area (Å²) >= 11 is 12.6. The maximum absolute atomic E-state index is 5.97. The van der Waals surface area contributed by atoms with Crippen molar-refractivity contribution in [1.29, 1.82) is 0 Å². The number of aromatic amines is 1. The van der Waals surface area contributed by atoms with Crippen LogP contribution in [0.3, 0.4) is 0 Å². The van der Waals surface area contributed by atoms with Crippen molar-refractivity contribution in [1.82, 2.24) is 9.97 Å². The first-order valence-corrected chi connectivity index (χ1v) is 5.21. The summed E-state index contributed by atoms with van der Waals surface area (Å²) < 4.78 is 0.666. The second kappa shape index (κ2) is 3.57. The van der Waals surface area contributed by atoms with E-state index in [4.69, 9.17) is 23.8 Å². The highest BCUT2D eigenvalue weighted by Crippen LogP contribution is 2.32. The minimum atomic E-state index is 0.666. The number of hydrogen-bond donors (Lipinski definition) is 1. The van der Waals surface area contributed by atoms with Crippen LogP contribution in [0.5, 0.6) is 0 Å². The summed E-state index contributed by atoms with van der Waals surface area (Å²) in [5.74, 6) is 0. The van der Waals surface area contributed by atoms with Crippen molar-refractivity contribution in [3.8, 4) is 10.4 Å². The molecule has 0 atom stereocenters. The molecule has 0 aliphatic rings. The minimum absolute atomic E-state index is 0.666. The van der Waals surface area contributed by atoms with Gasteiger partial charge in [-0.05, 0) is 11.4 Å². The third-order valence-electron chi connectivity index (χ3n) is 1.58. The van der Waals surface area contributed by atoms with Crippen molar-refractivity contribution < 1.29 is 0 Å². The predicted molar refractivity (Wildman–Crippen MR) is 57.7 cm³/mol. The van der Waals surface area contributed by atoms with E-state index < -0.39 is 0 Å². The fourth-order valence-corrected chi connectivity index (χ4v) is 2.44. The largest absolute Gasteiger partial charge is 0.337 e. The highest BCUT2D eigenvalue weighted by molar-refractivity contribution is 7.71. The number of nitrogens with zero attached hydrogens (tertiary/aromatic N) is 1. The molecular weight excluding hydrogens is 224 g/mol. The first-order chi connectivity index (χ1) is 6.29. The van der Waals surface area contributed by atoms with E-state index >= 15 is 0 Å². The molecule has 0 amide bonds. The van der Waals surface area contributed by atoms with Crippen LogP contribution < -0.4 is 0 Å². The summed E-state index contributed by atoms with van der Waals surface area (Å²) in [5, 5.41) is 2.65. The normalized spacial score (nSPS) is 10.2. The SMILES string of the molecule is S=c1[nH]cncc1-c1sccc1Cl. The molecule has 2 heterocycles. The van der Waals surface area contributed by atoms with Crippen LogP contribution in [0.2, 0.25) is 5.02 Å². The Morgan fingerprint density at radius 3 is 3.00 bits per heavy atom. The van der Waals surface area contributed by atoms with E-state index in [0.717, 1.165) is 15.5 Å². The van der Waals surface area contributed by atoms with E-state index in [9.17, 15) is 0 Å². The van der Waals surface area contributed by atoms with Gasteiger partial charge in [0.2, 0.25) is 0 Å². The lowest BCUT2D eigenvalue weighted by Gasteiger charge is -1.96. The summed E-state index contributed by atoms with van der Waals surface area (Å²) in [5.41, 5.74) is 0.887. The van der Waals surface area contributed by atoms with Gasteiger partial charge in [0.15, 0.2) is 0 Å². The van der Waals surface area contributed by atoms with E-state index in [1.807, 2.05) is 11.4 Å². The Morgan fingerprint density at radius 2 is 2.38 bits per heavy atom. The van der Waals surface area contributed by atoms with Gasteiger partial charge in [0.05, 0.1) is 16.2 Å². The molecule has 2 rings (SSSR count). The van der Waals surface area contributed by atoms with E-state index in [2.05, 4.69) is 9.97 Å². The molecule has 0 spiro atoms. The number of rotatable bonds is 1. The molecule has 1 N–H and O–H groups in total. The standard InChI is InChI=1S/C8H5ClN2S2/c9-6-1-2-13-7(6)5-3-10-4-11-8(5)12/h1-4H,(H,10,11,12). The summed E-state index contributed by atoms with van der Waals surface area (Å²) in [6.45, 7) is 0. The first-order valence-electron chi connectivity index (χ1n) is 3.55. The lowest BCUT2D eigenvalue weighted by molar-refractivity contribution is 1.16. The van der Waals surface area contributed by atoms with Crippen molar-refractivity contribution in [3.05, 3.63) is 33.6 Å². The molecule has 0 radical (unpaired) electrons. The van der Waals surface area contributed by atoms with Crippen LogP contribution in [-0.4, -0.2) is 9.97 Å². The Kier molecular flexibility index (Phi) is 2.44. The molecular formula is C8H5ClN2S2. The molecule has 0 aliphatic carbocycles. The molecule has 0 saturated heterocycles. The van der Waals surface area contributed by atoms with Gasteiger partial charge in [-0.2, -0.15) is 0 Å². The lowest BCUT2D eigenvalue weighted by atomic mass is 10.3. The Labute approximate surface area is 89.2 Å². The van der Waals surface area contributed by atoms with Gasteiger partial charge in [0, 0.05) is 11.8 Å². The van der Waals surface area contributed by atoms with Crippen molar-refractivity contribution in [3.63, 3.8) is 0 Å². The number of nitrogens with one attached hydrogen (secondary N) is 1. The molecule has 5 heteroatoms. The Balaban J connectivity index is 2.66. The average molecular weight is 229 g/mol. The monoisotopic (exact) mass is 228 g/mol. The molecule has 66 valence electrons. The van der Waals surface area contributed by atoms with Crippen LogP contribution in [0.15, 0.2) is 24.0 Å². The third kappa shape index (κ3) is 1.65. The second-order valence-electron chi connectivity index (χ2n) is 2.39. The number of hydrogen-bond acceptors (Lipinski definition) is 3. The van der Waals surface area contributed by atoms with E-state index in [-0.39, 0.29) is 0 Å². The quantitative estimate of drug-likeness (QED) is 0.757. The molecule has 0 unspecified atom stereocenters. The summed E-state index contributed by atoms with van der Waals surface area (Å²) in [7, 11) is 0. The number of H-pyrrole nitrogens is 1. The van der Waals surface area contributed by atoms with Gasteiger partial charge in [0.1, 0.15) is 4.64 Å². The maximum atomic E-state index is 5.97. The smallest absolute Gasteiger partial charge is 0.114 e. The molecule has 0 saturated carbocycles. The fourth-order valence-electron chi connectivity index (χ4n) is 0.992. The van der Waals surface area contributed by atoms with Gasteiger partial charge >= 0.3 is 0 Å². The molecule has 2 nitrogen and oxygen atoms in total. The highest BCUT2D eigenvalue weighted by Gasteiger charge is 2.06. The Bertz CT molecular complexity index is 475. The van der Waals surface area contributed by atoms with Crippen LogP contribution in [0, 0.1) is 4.64 Å². The second-order valence-corrected chi connectivity index (χ2v) is 4.12. The predicted octanol–water partition coefficient (Wildman–Crippen LogP) is 3.52. The molecule has 0 fully saturated rings. The van der Waals surface area contributed by atoms with Gasteiger partial charge in [-0.15, -0.1) is 11.3 Å². The maximum Gasteiger partial charge on any atom is 0.114 e. The summed E-state index contributed by atoms with van der Waals surface area (Å²) in [4.78, 5) is 7.80. The molecule has 0 bridgehead atoms. The molecule has 13 heavy (non-hydrogen) atoms. The topological polar surface area (TPSA) is 28.7 Å². The highest BCUT2D eigenvalue weighted by atomic mass is 35.5. The molecule has 0 aromatic carbocycles. The van der Waals surface area contributed by atoms with Crippen molar-refractivity contribution >= 4 is 35.2 Å². The summed E-state index contributed by atoms with van der Waals surface area (Å²) in [6.07, 6.45) is 3.28. The van der Waals surface area contributed by atoms with Gasteiger partial charge in [-0.1, -0.05) is 23.8 Å². The van der Waals surface area contributed by atoms with Crippen molar-refractivity contribution in [2.24, 2.45) is 0 Å². The zero-order valence-corrected chi connectivity index (χ0v) is 8.84. The third-order valence-corrected chi connectivity index (χ3v) is 3.29. The van der Waals surface area contributed by atoms with Crippen LogP contribution in [0.4, 0.5) is 0 Å². The Morgan fingerprint density at radius 1 is 1.54 bits per heavy atom. The van der Waals surface area contributed by atoms with Gasteiger partial charge < -0.3 is 4.98 Å². The van der Waals surface area contributed by atoms with Crippen LogP contribution in [0.25, 0.3) is 10.4 Å².